The van der Waals surface area contributed by atoms with E-state index in [0.717, 1.165) is 5.69 Å². The van der Waals surface area contributed by atoms with E-state index in [4.69, 9.17) is 5.11 Å². The Morgan fingerprint density at radius 3 is 2.59 bits per heavy atom. The van der Waals surface area contributed by atoms with Gasteiger partial charge in [-0.3, -0.25) is 0 Å². The van der Waals surface area contributed by atoms with Gasteiger partial charge in [-0.05, 0) is 12.1 Å². The fourth-order valence-electron chi connectivity index (χ4n) is 2.14. The predicted octanol–water partition coefficient (Wildman–Crippen LogP) is 0.848. The lowest BCUT2D eigenvalue weighted by Crippen LogP contribution is -2.56. The summed E-state index contributed by atoms with van der Waals surface area (Å²) < 4.78 is 0. The third kappa shape index (κ3) is 2.50. The van der Waals surface area contributed by atoms with Gasteiger partial charge < -0.3 is 20.0 Å². The van der Waals surface area contributed by atoms with Crippen molar-refractivity contribution in [2.75, 3.05) is 31.1 Å². The Balaban J connectivity index is 2.12. The molecule has 2 rings (SSSR count). The molecule has 0 bridgehead atoms. The lowest BCUT2D eigenvalue weighted by Gasteiger charge is -2.40. The van der Waals surface area contributed by atoms with E-state index in [1.807, 2.05) is 30.3 Å². The monoisotopic (exact) mass is 236 g/mol. The smallest absolute Gasteiger partial charge is 0.407 e. The zero-order chi connectivity index (χ0) is 12.3. The van der Waals surface area contributed by atoms with Crippen LogP contribution in [0, 0.1) is 0 Å². The van der Waals surface area contributed by atoms with E-state index in [1.54, 1.807) is 0 Å². The number of hydrogen-bond acceptors (Lipinski definition) is 3. The molecule has 1 fully saturated rings. The first-order valence-corrected chi connectivity index (χ1v) is 5.63. The molecule has 1 heterocycles. The van der Waals surface area contributed by atoms with Crippen LogP contribution < -0.4 is 4.90 Å². The second kappa shape index (κ2) is 5.05. The summed E-state index contributed by atoms with van der Waals surface area (Å²) in [5, 5.41) is 18.3. The lowest BCUT2D eigenvalue weighted by molar-refractivity contribution is 0.124. The van der Waals surface area contributed by atoms with Crippen LogP contribution in [0.5, 0.6) is 0 Å². The van der Waals surface area contributed by atoms with E-state index in [-0.39, 0.29) is 12.6 Å². The second-order valence-electron chi connectivity index (χ2n) is 4.09. The number of aliphatic hydroxyl groups is 1. The zero-order valence-corrected chi connectivity index (χ0v) is 9.49. The average molecular weight is 236 g/mol. The summed E-state index contributed by atoms with van der Waals surface area (Å²) in [5.41, 5.74) is 1.02. The molecule has 5 nitrogen and oxygen atoms in total. The molecule has 0 aromatic heterocycles. The summed E-state index contributed by atoms with van der Waals surface area (Å²) in [6.45, 7) is 1.39. The molecular weight excluding hydrogens is 220 g/mol. The molecule has 1 aromatic carbocycles. The van der Waals surface area contributed by atoms with Crippen molar-refractivity contribution in [1.29, 1.82) is 0 Å². The summed E-state index contributed by atoms with van der Waals surface area (Å²) >= 11 is 0. The Labute approximate surface area is 99.9 Å². The molecule has 1 aliphatic heterocycles. The molecule has 1 aromatic rings. The van der Waals surface area contributed by atoms with E-state index in [1.165, 1.54) is 4.90 Å². The van der Waals surface area contributed by atoms with Crippen LogP contribution in [-0.2, 0) is 0 Å². The Kier molecular flexibility index (Phi) is 3.49. The van der Waals surface area contributed by atoms with E-state index in [0.29, 0.717) is 19.6 Å². The van der Waals surface area contributed by atoms with Crippen molar-refractivity contribution < 1.29 is 15.0 Å². The van der Waals surface area contributed by atoms with Crippen molar-refractivity contribution in [3.05, 3.63) is 30.3 Å². The Bertz CT molecular complexity index is 383. The van der Waals surface area contributed by atoms with Crippen molar-refractivity contribution in [2.24, 2.45) is 0 Å². The van der Waals surface area contributed by atoms with E-state index in [9.17, 15) is 9.90 Å². The lowest BCUT2D eigenvalue weighted by atomic mass is 10.1. The maximum Gasteiger partial charge on any atom is 0.407 e. The van der Waals surface area contributed by atoms with Gasteiger partial charge in [0.2, 0.25) is 0 Å². The predicted molar refractivity (Wildman–Crippen MR) is 64.3 cm³/mol. The fourth-order valence-corrected chi connectivity index (χ4v) is 2.14. The Morgan fingerprint density at radius 2 is 2.00 bits per heavy atom. The SMILES string of the molecule is O=C(O)N1CCN(c2ccccc2)[C@H](CO)C1. The van der Waals surface area contributed by atoms with Gasteiger partial charge in [0.15, 0.2) is 0 Å². The highest BCUT2D eigenvalue weighted by Gasteiger charge is 2.28. The molecule has 0 radical (unpaired) electrons. The van der Waals surface area contributed by atoms with Crippen LogP contribution in [0.3, 0.4) is 0 Å². The maximum atomic E-state index is 10.9. The quantitative estimate of drug-likeness (QED) is 0.799. The summed E-state index contributed by atoms with van der Waals surface area (Å²) in [5.74, 6) is 0. The van der Waals surface area contributed by atoms with Gasteiger partial charge in [0.1, 0.15) is 0 Å². The number of benzene rings is 1. The van der Waals surface area contributed by atoms with Crippen LogP contribution in [0.2, 0.25) is 0 Å². The number of hydrogen-bond donors (Lipinski definition) is 2. The number of piperazine rings is 1. The minimum Gasteiger partial charge on any atom is -0.465 e. The molecule has 92 valence electrons. The van der Waals surface area contributed by atoms with Crippen LogP contribution in [0.1, 0.15) is 0 Å². The summed E-state index contributed by atoms with van der Waals surface area (Å²) in [4.78, 5) is 14.3. The number of rotatable bonds is 2. The highest BCUT2D eigenvalue weighted by atomic mass is 16.4. The van der Waals surface area contributed by atoms with Crippen molar-refractivity contribution in [3.63, 3.8) is 0 Å². The molecule has 2 N–H and O–H groups in total. The van der Waals surface area contributed by atoms with Crippen molar-refractivity contribution in [3.8, 4) is 0 Å². The van der Waals surface area contributed by atoms with Crippen LogP contribution in [0.25, 0.3) is 0 Å². The maximum absolute atomic E-state index is 10.9. The molecule has 0 aliphatic carbocycles. The van der Waals surface area contributed by atoms with Gasteiger partial charge in [0.25, 0.3) is 0 Å². The fraction of sp³-hybridized carbons (Fsp3) is 0.417. The molecule has 0 spiro atoms. The largest absolute Gasteiger partial charge is 0.465 e. The molecule has 1 saturated heterocycles. The number of aliphatic hydroxyl groups excluding tert-OH is 1. The average Bonchev–Trinajstić information content (AvgIpc) is 2.39. The van der Waals surface area contributed by atoms with E-state index >= 15 is 0 Å². The van der Waals surface area contributed by atoms with Crippen LogP contribution in [-0.4, -0.2) is 53.5 Å². The first-order chi connectivity index (χ1) is 8.22. The molecule has 0 saturated carbocycles. The summed E-state index contributed by atoms with van der Waals surface area (Å²) in [6, 6.07) is 9.59. The number of anilines is 1. The van der Waals surface area contributed by atoms with Crippen molar-refractivity contribution in [2.45, 2.75) is 6.04 Å². The third-order valence-corrected chi connectivity index (χ3v) is 3.05. The number of amides is 1. The summed E-state index contributed by atoms with van der Waals surface area (Å²) in [7, 11) is 0. The first-order valence-electron chi connectivity index (χ1n) is 5.63. The molecule has 1 amide bonds. The van der Waals surface area contributed by atoms with Crippen LogP contribution in [0.15, 0.2) is 30.3 Å². The van der Waals surface area contributed by atoms with Gasteiger partial charge >= 0.3 is 6.09 Å². The Hall–Kier alpha value is -1.75. The van der Waals surface area contributed by atoms with Gasteiger partial charge in [-0.25, -0.2) is 4.79 Å². The topological polar surface area (TPSA) is 64.0 Å². The second-order valence-corrected chi connectivity index (χ2v) is 4.09. The molecule has 5 heteroatoms. The summed E-state index contributed by atoms with van der Waals surface area (Å²) in [6.07, 6.45) is -0.920. The van der Waals surface area contributed by atoms with E-state index < -0.39 is 6.09 Å². The third-order valence-electron chi connectivity index (χ3n) is 3.05. The van der Waals surface area contributed by atoms with Gasteiger partial charge in [0, 0.05) is 25.3 Å². The minimum atomic E-state index is -0.920. The van der Waals surface area contributed by atoms with Gasteiger partial charge in [-0.15, -0.1) is 0 Å². The molecule has 1 aliphatic rings. The van der Waals surface area contributed by atoms with Crippen molar-refractivity contribution in [1.82, 2.24) is 4.90 Å². The highest BCUT2D eigenvalue weighted by molar-refractivity contribution is 5.65. The highest BCUT2D eigenvalue weighted by Crippen LogP contribution is 2.20. The first kappa shape index (κ1) is 11.7. The van der Waals surface area contributed by atoms with Crippen LogP contribution >= 0.6 is 0 Å². The number of para-hydroxylation sites is 1. The van der Waals surface area contributed by atoms with Crippen LogP contribution in [0.4, 0.5) is 10.5 Å². The molecular formula is C12H16N2O3. The standard InChI is InChI=1S/C12H16N2O3/c15-9-11-8-13(12(16)17)6-7-14(11)10-4-2-1-3-5-10/h1-5,11,15H,6-9H2,(H,16,17)/t11-/m0/s1. The van der Waals surface area contributed by atoms with Crippen molar-refractivity contribution >= 4 is 11.8 Å². The van der Waals surface area contributed by atoms with Gasteiger partial charge in [0.05, 0.1) is 12.6 Å². The molecule has 1 atom stereocenters. The van der Waals surface area contributed by atoms with Gasteiger partial charge in [-0.2, -0.15) is 0 Å². The number of carbonyl (C=O) groups is 1. The number of carboxylic acid groups (broad SMARTS) is 1. The van der Waals surface area contributed by atoms with Gasteiger partial charge in [-0.1, -0.05) is 18.2 Å². The minimum absolute atomic E-state index is 0.0430. The molecule has 0 unspecified atom stereocenters. The Morgan fingerprint density at radius 1 is 1.29 bits per heavy atom. The number of nitrogens with zero attached hydrogens (tertiary/aromatic N) is 2. The normalized spacial score (nSPS) is 20.4. The van der Waals surface area contributed by atoms with E-state index in [2.05, 4.69) is 4.90 Å². The molecule has 17 heavy (non-hydrogen) atoms. The zero-order valence-electron chi connectivity index (χ0n) is 9.49.